The van der Waals surface area contributed by atoms with Crippen molar-refractivity contribution in [2.75, 3.05) is 13.1 Å². The molecule has 94 valence electrons. The Bertz CT molecular complexity index is 249. The Morgan fingerprint density at radius 1 is 1.31 bits per heavy atom. The Balaban J connectivity index is 2.16. The zero-order chi connectivity index (χ0) is 12.2. The second-order valence-corrected chi connectivity index (χ2v) is 4.40. The van der Waals surface area contributed by atoms with E-state index in [0.29, 0.717) is 6.54 Å². The Morgan fingerprint density at radius 3 is 2.38 bits per heavy atom. The van der Waals surface area contributed by atoms with Crippen LogP contribution >= 0.6 is 0 Å². The Morgan fingerprint density at radius 2 is 1.94 bits per heavy atom. The van der Waals surface area contributed by atoms with Crippen LogP contribution in [-0.4, -0.2) is 25.3 Å². The molecule has 0 aliphatic heterocycles. The van der Waals surface area contributed by atoms with E-state index in [1.54, 1.807) is 5.32 Å². The molecule has 0 radical (unpaired) electrons. The van der Waals surface area contributed by atoms with Crippen LogP contribution in [0.15, 0.2) is 0 Å². The largest absolute Gasteiger partial charge is 0.405 e. The van der Waals surface area contributed by atoms with E-state index in [0.717, 1.165) is 25.7 Å². The van der Waals surface area contributed by atoms with Gasteiger partial charge in [-0.05, 0) is 24.7 Å². The first-order chi connectivity index (χ1) is 7.37. The molecule has 1 fully saturated rings. The van der Waals surface area contributed by atoms with E-state index in [1.807, 2.05) is 0 Å². The summed E-state index contributed by atoms with van der Waals surface area (Å²) in [5.74, 6) is 0. The predicted molar refractivity (Wildman–Crippen MR) is 54.0 cm³/mol. The number of rotatable bonds is 5. The van der Waals surface area contributed by atoms with Gasteiger partial charge in [0.1, 0.15) is 6.54 Å². The highest BCUT2D eigenvalue weighted by molar-refractivity contribution is 5.73. The van der Waals surface area contributed by atoms with E-state index >= 15 is 0 Å². The average Bonchev–Trinajstić information content (AvgIpc) is 2.92. The smallest absolute Gasteiger partial charge is 0.338 e. The van der Waals surface area contributed by atoms with Crippen molar-refractivity contribution in [2.45, 2.75) is 38.8 Å². The van der Waals surface area contributed by atoms with E-state index in [-0.39, 0.29) is 5.41 Å². The van der Waals surface area contributed by atoms with E-state index in [4.69, 9.17) is 0 Å². The number of alkyl halides is 3. The minimum absolute atomic E-state index is 0.157. The number of carbonyl (C=O) groups is 1. The van der Waals surface area contributed by atoms with Gasteiger partial charge in [0.05, 0.1) is 0 Å². The van der Waals surface area contributed by atoms with Crippen molar-refractivity contribution < 1.29 is 18.0 Å². The minimum atomic E-state index is -4.35. The lowest BCUT2D eigenvalue weighted by Gasteiger charge is -2.15. The van der Waals surface area contributed by atoms with Gasteiger partial charge in [-0.1, -0.05) is 13.3 Å². The summed E-state index contributed by atoms with van der Waals surface area (Å²) < 4.78 is 35.3. The number of urea groups is 1. The van der Waals surface area contributed by atoms with Crippen molar-refractivity contribution in [1.82, 2.24) is 10.6 Å². The van der Waals surface area contributed by atoms with Crippen molar-refractivity contribution in [2.24, 2.45) is 5.41 Å². The van der Waals surface area contributed by atoms with Gasteiger partial charge < -0.3 is 10.6 Å². The Kier molecular flexibility index (Phi) is 4.04. The maximum Gasteiger partial charge on any atom is 0.405 e. The second kappa shape index (κ2) is 4.93. The van der Waals surface area contributed by atoms with Crippen molar-refractivity contribution in [3.8, 4) is 0 Å². The summed E-state index contributed by atoms with van der Waals surface area (Å²) in [5.41, 5.74) is 0.157. The molecule has 1 aliphatic carbocycles. The van der Waals surface area contributed by atoms with Gasteiger partial charge >= 0.3 is 12.2 Å². The third kappa shape index (κ3) is 4.72. The van der Waals surface area contributed by atoms with Gasteiger partial charge in [0.25, 0.3) is 0 Å². The monoisotopic (exact) mass is 238 g/mol. The number of nitrogens with one attached hydrogen (secondary N) is 2. The maximum absolute atomic E-state index is 11.8. The highest BCUT2D eigenvalue weighted by Crippen LogP contribution is 2.48. The molecule has 0 bridgehead atoms. The van der Waals surface area contributed by atoms with Crippen molar-refractivity contribution in [1.29, 1.82) is 0 Å². The van der Waals surface area contributed by atoms with Gasteiger partial charge in [-0.3, -0.25) is 0 Å². The van der Waals surface area contributed by atoms with Crippen molar-refractivity contribution >= 4 is 6.03 Å². The molecular weight excluding hydrogens is 221 g/mol. The van der Waals surface area contributed by atoms with Crippen LogP contribution in [0.3, 0.4) is 0 Å². The Labute approximate surface area is 92.8 Å². The second-order valence-electron chi connectivity index (χ2n) is 4.40. The molecule has 0 unspecified atom stereocenters. The van der Waals surface area contributed by atoms with Crippen LogP contribution in [0.4, 0.5) is 18.0 Å². The summed E-state index contributed by atoms with van der Waals surface area (Å²) in [6.07, 6.45) is -0.183. The molecular formula is C10H17F3N2O. The summed E-state index contributed by atoms with van der Waals surface area (Å²) in [7, 11) is 0. The third-order valence-corrected chi connectivity index (χ3v) is 2.81. The van der Waals surface area contributed by atoms with Crippen LogP contribution in [0, 0.1) is 5.41 Å². The van der Waals surface area contributed by atoms with Gasteiger partial charge in [0, 0.05) is 6.54 Å². The van der Waals surface area contributed by atoms with E-state index in [1.165, 1.54) is 0 Å². The molecule has 0 spiro atoms. The molecule has 1 saturated carbocycles. The zero-order valence-electron chi connectivity index (χ0n) is 9.28. The predicted octanol–water partition coefficient (Wildman–Crippen LogP) is 2.43. The number of hydrogen-bond donors (Lipinski definition) is 2. The van der Waals surface area contributed by atoms with Gasteiger partial charge in [-0.2, -0.15) is 13.2 Å². The molecule has 1 rings (SSSR count). The fourth-order valence-electron chi connectivity index (χ4n) is 1.73. The summed E-state index contributed by atoms with van der Waals surface area (Å²) >= 11 is 0. The lowest BCUT2D eigenvalue weighted by atomic mass is 10.0. The van der Waals surface area contributed by atoms with Crippen LogP contribution in [0.5, 0.6) is 0 Å². The minimum Gasteiger partial charge on any atom is -0.338 e. The fourth-order valence-corrected chi connectivity index (χ4v) is 1.73. The van der Waals surface area contributed by atoms with Gasteiger partial charge in [0.15, 0.2) is 0 Å². The lowest BCUT2D eigenvalue weighted by Crippen LogP contribution is -2.42. The zero-order valence-corrected chi connectivity index (χ0v) is 9.28. The molecule has 0 saturated heterocycles. The molecule has 0 heterocycles. The summed E-state index contributed by atoms with van der Waals surface area (Å²) in [6, 6.07) is -0.736. The molecule has 3 nitrogen and oxygen atoms in total. The number of amides is 2. The first-order valence-corrected chi connectivity index (χ1v) is 5.45. The molecule has 0 aromatic carbocycles. The van der Waals surface area contributed by atoms with E-state index in [2.05, 4.69) is 12.2 Å². The molecule has 6 heteroatoms. The number of hydrogen-bond acceptors (Lipinski definition) is 1. The summed E-state index contributed by atoms with van der Waals surface area (Å²) in [6.45, 7) is 1.26. The molecule has 16 heavy (non-hydrogen) atoms. The highest BCUT2D eigenvalue weighted by atomic mass is 19.4. The molecule has 1 aliphatic rings. The first kappa shape index (κ1) is 13.1. The van der Waals surface area contributed by atoms with Gasteiger partial charge in [0.2, 0.25) is 0 Å². The number of halogens is 3. The SMILES string of the molecule is CCCC1(CNC(=O)NCC(F)(F)F)CC1. The fraction of sp³-hybridized carbons (Fsp3) is 0.900. The lowest BCUT2D eigenvalue weighted by molar-refractivity contribution is -0.122. The van der Waals surface area contributed by atoms with Crippen LogP contribution in [0.2, 0.25) is 0 Å². The first-order valence-electron chi connectivity index (χ1n) is 5.45. The summed E-state index contributed by atoms with van der Waals surface area (Å²) in [5, 5.41) is 4.28. The third-order valence-electron chi connectivity index (χ3n) is 2.81. The number of carbonyl (C=O) groups excluding carboxylic acids is 1. The van der Waals surface area contributed by atoms with E-state index in [9.17, 15) is 18.0 Å². The average molecular weight is 238 g/mol. The van der Waals surface area contributed by atoms with Crippen LogP contribution in [0.25, 0.3) is 0 Å². The highest BCUT2D eigenvalue weighted by Gasteiger charge is 2.41. The standard InChI is InChI=1S/C10H17F3N2O/c1-2-3-9(4-5-9)6-14-8(16)15-7-10(11,12)13/h2-7H2,1H3,(H2,14,15,16). The van der Waals surface area contributed by atoms with Crippen molar-refractivity contribution in [3.63, 3.8) is 0 Å². The maximum atomic E-state index is 11.8. The van der Waals surface area contributed by atoms with Crippen LogP contribution < -0.4 is 10.6 Å². The molecule has 0 atom stereocenters. The Hall–Kier alpha value is -0.940. The van der Waals surface area contributed by atoms with Gasteiger partial charge in [-0.25, -0.2) is 4.79 Å². The van der Waals surface area contributed by atoms with E-state index < -0.39 is 18.8 Å². The quantitative estimate of drug-likeness (QED) is 0.758. The summed E-state index contributed by atoms with van der Waals surface area (Å²) in [4.78, 5) is 11.0. The van der Waals surface area contributed by atoms with Crippen LogP contribution in [-0.2, 0) is 0 Å². The topological polar surface area (TPSA) is 41.1 Å². The molecule has 0 aromatic rings. The molecule has 2 N–H and O–H groups in total. The van der Waals surface area contributed by atoms with Gasteiger partial charge in [-0.15, -0.1) is 0 Å². The molecule has 2 amide bonds. The van der Waals surface area contributed by atoms with Crippen molar-refractivity contribution in [3.05, 3.63) is 0 Å². The normalized spacial score (nSPS) is 18.0. The van der Waals surface area contributed by atoms with Crippen LogP contribution in [0.1, 0.15) is 32.6 Å². The molecule has 0 aromatic heterocycles.